The largest absolute Gasteiger partial charge is 0.481 e. The smallest absolute Gasteiger partial charge is 0.303 e. The summed E-state index contributed by atoms with van der Waals surface area (Å²) in [6.07, 6.45) is 1.09. The van der Waals surface area contributed by atoms with E-state index in [0.717, 1.165) is 33.3 Å². The van der Waals surface area contributed by atoms with Crippen molar-refractivity contribution < 1.29 is 9.90 Å². The molecule has 2 N–H and O–H groups in total. The van der Waals surface area contributed by atoms with E-state index >= 15 is 0 Å². The lowest BCUT2D eigenvalue weighted by Crippen LogP contribution is -1.98. The number of halogens is 3. The molecule has 3 rings (SSSR count). The summed E-state index contributed by atoms with van der Waals surface area (Å²) in [4.78, 5) is 14.1. The molecule has 0 bridgehead atoms. The topological polar surface area (TPSA) is 53.1 Å². The van der Waals surface area contributed by atoms with E-state index in [4.69, 9.17) is 39.9 Å². The number of carboxylic acid groups (broad SMARTS) is 1. The Labute approximate surface area is 160 Å². The van der Waals surface area contributed by atoms with Crippen molar-refractivity contribution in [1.82, 2.24) is 4.98 Å². The maximum absolute atomic E-state index is 10.8. The first-order valence-electron chi connectivity index (χ1n) is 7.81. The summed E-state index contributed by atoms with van der Waals surface area (Å²) in [5.74, 6) is -0.828. The number of fused-ring (bicyclic) bond motifs is 1. The number of rotatable bonds is 5. The number of aliphatic carboxylic acids is 1. The highest BCUT2D eigenvalue weighted by Gasteiger charge is 2.17. The summed E-state index contributed by atoms with van der Waals surface area (Å²) >= 11 is 19.0. The minimum absolute atomic E-state index is 0.0661. The molecular formula is C19H16Cl3NO2. The third-order valence-electron chi connectivity index (χ3n) is 4.31. The normalized spacial score (nSPS) is 11.2. The van der Waals surface area contributed by atoms with Gasteiger partial charge in [0.1, 0.15) is 0 Å². The fourth-order valence-corrected chi connectivity index (χ4v) is 3.84. The van der Waals surface area contributed by atoms with Crippen molar-refractivity contribution in [2.45, 2.75) is 26.2 Å². The highest BCUT2D eigenvalue weighted by atomic mass is 35.5. The van der Waals surface area contributed by atoms with Crippen molar-refractivity contribution in [3.8, 4) is 0 Å². The van der Waals surface area contributed by atoms with Crippen LogP contribution in [-0.4, -0.2) is 16.1 Å². The molecule has 0 aliphatic carbocycles. The molecule has 0 spiro atoms. The average Bonchev–Trinajstić information content (AvgIpc) is 2.87. The summed E-state index contributed by atoms with van der Waals surface area (Å²) in [5, 5.41) is 11.7. The van der Waals surface area contributed by atoms with Gasteiger partial charge in [-0.3, -0.25) is 4.79 Å². The van der Waals surface area contributed by atoms with E-state index < -0.39 is 5.97 Å². The summed E-state index contributed by atoms with van der Waals surface area (Å²) in [5.41, 5.74) is 4.58. The Bertz CT molecular complexity index is 946. The number of hydrogen-bond acceptors (Lipinski definition) is 1. The van der Waals surface area contributed by atoms with E-state index in [9.17, 15) is 4.79 Å². The molecular weight excluding hydrogens is 381 g/mol. The molecule has 0 unspecified atom stereocenters. The van der Waals surface area contributed by atoms with Crippen LogP contribution < -0.4 is 0 Å². The molecule has 0 atom stereocenters. The predicted molar refractivity (Wildman–Crippen MR) is 103 cm³/mol. The zero-order valence-electron chi connectivity index (χ0n) is 13.5. The Hall–Kier alpha value is -1.68. The molecule has 130 valence electrons. The fraction of sp³-hybridized carbons (Fsp3) is 0.211. The average molecular weight is 397 g/mol. The monoisotopic (exact) mass is 395 g/mol. The van der Waals surface area contributed by atoms with Crippen molar-refractivity contribution in [3.05, 3.63) is 67.8 Å². The summed E-state index contributed by atoms with van der Waals surface area (Å²) in [6, 6.07) is 9.42. The molecule has 0 aliphatic heterocycles. The van der Waals surface area contributed by atoms with Crippen molar-refractivity contribution in [1.29, 1.82) is 0 Å². The molecule has 3 nitrogen and oxygen atoms in total. The minimum Gasteiger partial charge on any atom is -0.481 e. The Morgan fingerprint density at radius 3 is 2.48 bits per heavy atom. The van der Waals surface area contributed by atoms with Crippen LogP contribution in [0.2, 0.25) is 15.1 Å². The molecule has 0 amide bonds. The van der Waals surface area contributed by atoms with Gasteiger partial charge in [0.25, 0.3) is 0 Å². The van der Waals surface area contributed by atoms with Crippen LogP contribution in [-0.2, 0) is 17.6 Å². The van der Waals surface area contributed by atoms with Gasteiger partial charge in [0.05, 0.1) is 11.4 Å². The number of H-pyrrole nitrogens is 1. The Morgan fingerprint density at radius 2 is 1.84 bits per heavy atom. The minimum atomic E-state index is -0.828. The molecule has 1 heterocycles. The van der Waals surface area contributed by atoms with Gasteiger partial charge in [0.2, 0.25) is 0 Å². The standard InChI is InChI=1S/C19H16Cl3NO2/c1-10-15(6-7-17(24)25)23-16-9-14(21)13(19(22)18(10)16)8-11-2-4-12(20)5-3-11/h2-5,9,23H,6-8H2,1H3,(H,24,25). The number of aromatic amines is 1. The first kappa shape index (κ1) is 18.1. The van der Waals surface area contributed by atoms with E-state index in [1.165, 1.54) is 0 Å². The van der Waals surface area contributed by atoms with Crippen LogP contribution in [0.3, 0.4) is 0 Å². The van der Waals surface area contributed by atoms with Gasteiger partial charge in [0.15, 0.2) is 0 Å². The maximum atomic E-state index is 10.8. The van der Waals surface area contributed by atoms with Crippen molar-refractivity contribution in [2.24, 2.45) is 0 Å². The summed E-state index contributed by atoms with van der Waals surface area (Å²) in [7, 11) is 0. The second-order valence-corrected chi connectivity index (χ2v) is 7.22. The SMILES string of the molecule is Cc1c(CCC(=O)O)[nH]c2cc(Cl)c(Cc3ccc(Cl)cc3)c(Cl)c12. The molecule has 25 heavy (non-hydrogen) atoms. The fourth-order valence-electron chi connectivity index (χ4n) is 2.98. The Kier molecular flexibility index (Phi) is 5.28. The molecule has 0 saturated heterocycles. The summed E-state index contributed by atoms with van der Waals surface area (Å²) in [6.45, 7) is 1.95. The van der Waals surface area contributed by atoms with Crippen LogP contribution in [0.5, 0.6) is 0 Å². The van der Waals surface area contributed by atoms with Gasteiger partial charge in [-0.25, -0.2) is 0 Å². The van der Waals surface area contributed by atoms with Crippen molar-refractivity contribution in [3.63, 3.8) is 0 Å². The van der Waals surface area contributed by atoms with Gasteiger partial charge in [-0.15, -0.1) is 0 Å². The highest BCUT2D eigenvalue weighted by Crippen LogP contribution is 2.37. The second kappa shape index (κ2) is 7.28. The summed E-state index contributed by atoms with van der Waals surface area (Å²) < 4.78 is 0. The molecule has 0 radical (unpaired) electrons. The number of aryl methyl sites for hydroxylation is 2. The van der Waals surface area contributed by atoms with Gasteiger partial charge in [-0.2, -0.15) is 0 Å². The molecule has 6 heteroatoms. The van der Waals surface area contributed by atoms with E-state index in [1.54, 1.807) is 0 Å². The van der Waals surface area contributed by atoms with E-state index in [-0.39, 0.29) is 6.42 Å². The third-order valence-corrected chi connectivity index (χ3v) is 5.32. The van der Waals surface area contributed by atoms with Crippen molar-refractivity contribution in [2.75, 3.05) is 0 Å². The van der Waals surface area contributed by atoms with Gasteiger partial charge in [-0.1, -0.05) is 46.9 Å². The molecule has 2 aromatic carbocycles. The third kappa shape index (κ3) is 3.79. The van der Waals surface area contributed by atoms with Gasteiger partial charge >= 0.3 is 5.97 Å². The quantitative estimate of drug-likeness (QED) is 0.552. The number of nitrogens with one attached hydrogen (secondary N) is 1. The van der Waals surface area contributed by atoms with Gasteiger partial charge in [-0.05, 0) is 48.2 Å². The lowest BCUT2D eigenvalue weighted by Gasteiger charge is -2.09. The van der Waals surface area contributed by atoms with Gasteiger partial charge < -0.3 is 10.1 Å². The van der Waals surface area contributed by atoms with Crippen molar-refractivity contribution >= 4 is 51.7 Å². The first-order chi connectivity index (χ1) is 11.9. The van der Waals surface area contributed by atoms with Crippen LogP contribution in [0.25, 0.3) is 10.9 Å². The first-order valence-corrected chi connectivity index (χ1v) is 8.94. The second-order valence-electron chi connectivity index (χ2n) is 6.00. The zero-order chi connectivity index (χ0) is 18.1. The maximum Gasteiger partial charge on any atom is 0.303 e. The van der Waals surface area contributed by atoms with E-state index in [0.29, 0.717) is 27.9 Å². The van der Waals surface area contributed by atoms with Crippen LogP contribution in [0, 0.1) is 6.92 Å². The van der Waals surface area contributed by atoms with Crippen LogP contribution in [0.15, 0.2) is 30.3 Å². The van der Waals surface area contributed by atoms with Crippen LogP contribution in [0.4, 0.5) is 0 Å². The van der Waals surface area contributed by atoms with Gasteiger partial charge in [0, 0.05) is 33.1 Å². The number of benzene rings is 2. The molecule has 3 aromatic rings. The zero-order valence-corrected chi connectivity index (χ0v) is 15.8. The Morgan fingerprint density at radius 1 is 1.16 bits per heavy atom. The lowest BCUT2D eigenvalue weighted by atomic mass is 10.0. The van der Waals surface area contributed by atoms with Crippen LogP contribution in [0.1, 0.15) is 28.8 Å². The highest BCUT2D eigenvalue weighted by molar-refractivity contribution is 6.40. The van der Waals surface area contributed by atoms with Crippen LogP contribution >= 0.6 is 34.8 Å². The molecule has 0 fully saturated rings. The molecule has 0 aliphatic rings. The van der Waals surface area contributed by atoms with E-state index in [1.807, 2.05) is 37.3 Å². The number of carbonyl (C=O) groups is 1. The molecule has 1 aromatic heterocycles. The Balaban J connectivity index is 2.03. The lowest BCUT2D eigenvalue weighted by molar-refractivity contribution is -0.136. The van der Waals surface area contributed by atoms with E-state index in [2.05, 4.69) is 4.98 Å². The predicted octanol–water partition coefficient (Wildman–Crippen LogP) is 6.04. The number of carboxylic acids is 1. The number of aromatic nitrogens is 1. The number of hydrogen-bond donors (Lipinski definition) is 2. The molecule has 0 saturated carbocycles.